The molecule has 1 aromatic rings. The minimum absolute atomic E-state index is 0.285. The second kappa shape index (κ2) is 5.92. The Labute approximate surface area is 115 Å². The van der Waals surface area contributed by atoms with Crippen LogP contribution in [0.25, 0.3) is 0 Å². The van der Waals surface area contributed by atoms with Crippen molar-refractivity contribution in [1.82, 2.24) is 16.2 Å². The van der Waals surface area contributed by atoms with Gasteiger partial charge < -0.3 is 10.6 Å². The molecular weight excluding hydrogens is 271 g/mol. The number of thiocarbonyl (C=S) groups is 2. The monoisotopic (exact) mass is 284 g/mol. The summed E-state index contributed by atoms with van der Waals surface area (Å²) in [7, 11) is 0. The van der Waals surface area contributed by atoms with Gasteiger partial charge in [-0.1, -0.05) is 0 Å². The average molecular weight is 284 g/mol. The summed E-state index contributed by atoms with van der Waals surface area (Å²) in [6.07, 6.45) is 2.31. The molecule has 0 aromatic heterocycles. The van der Waals surface area contributed by atoms with E-state index in [1.807, 2.05) is 0 Å². The highest BCUT2D eigenvalue weighted by Crippen LogP contribution is 2.18. The zero-order chi connectivity index (χ0) is 13.0. The van der Waals surface area contributed by atoms with Gasteiger partial charge in [-0.3, -0.25) is 10.9 Å². The van der Waals surface area contributed by atoms with E-state index in [-0.39, 0.29) is 5.82 Å². The van der Waals surface area contributed by atoms with Gasteiger partial charge in [-0.25, -0.2) is 4.39 Å². The van der Waals surface area contributed by atoms with E-state index in [1.165, 1.54) is 12.1 Å². The molecule has 0 spiro atoms. The minimum atomic E-state index is -0.285. The molecule has 0 atom stereocenters. The smallest absolute Gasteiger partial charge is 0.189 e. The third-order valence-electron chi connectivity index (χ3n) is 2.30. The van der Waals surface area contributed by atoms with Crippen molar-refractivity contribution in [2.45, 2.75) is 18.9 Å². The van der Waals surface area contributed by atoms with Crippen molar-refractivity contribution in [2.24, 2.45) is 0 Å². The molecule has 4 N–H and O–H groups in total. The fraction of sp³-hybridized carbons (Fsp3) is 0.273. The summed E-state index contributed by atoms with van der Waals surface area (Å²) in [5.41, 5.74) is 6.23. The normalized spacial score (nSPS) is 13.6. The molecule has 0 amide bonds. The number of halogens is 1. The molecule has 0 heterocycles. The molecule has 4 nitrogen and oxygen atoms in total. The Morgan fingerprint density at radius 3 is 2.28 bits per heavy atom. The molecule has 1 aliphatic carbocycles. The largest absolute Gasteiger partial charge is 0.359 e. The van der Waals surface area contributed by atoms with Crippen molar-refractivity contribution in [3.8, 4) is 0 Å². The van der Waals surface area contributed by atoms with Gasteiger partial charge in [-0.15, -0.1) is 0 Å². The lowest BCUT2D eigenvalue weighted by atomic mass is 10.3. The molecule has 0 radical (unpaired) electrons. The van der Waals surface area contributed by atoms with Gasteiger partial charge in [0.2, 0.25) is 0 Å². The maximum Gasteiger partial charge on any atom is 0.189 e. The number of hydrogen-bond acceptors (Lipinski definition) is 2. The summed E-state index contributed by atoms with van der Waals surface area (Å²) in [6, 6.07) is 6.41. The first-order chi connectivity index (χ1) is 8.63. The fourth-order valence-electron chi connectivity index (χ4n) is 1.26. The minimum Gasteiger partial charge on any atom is -0.359 e. The highest BCUT2D eigenvalue weighted by molar-refractivity contribution is 7.80. The van der Waals surface area contributed by atoms with Crippen molar-refractivity contribution in [1.29, 1.82) is 0 Å². The molecule has 1 fully saturated rings. The van der Waals surface area contributed by atoms with E-state index in [0.717, 1.165) is 12.8 Å². The molecule has 0 saturated heterocycles. The van der Waals surface area contributed by atoms with Crippen molar-refractivity contribution in [3.05, 3.63) is 30.1 Å². The van der Waals surface area contributed by atoms with E-state index in [4.69, 9.17) is 24.4 Å². The van der Waals surface area contributed by atoms with Crippen molar-refractivity contribution < 1.29 is 4.39 Å². The zero-order valence-corrected chi connectivity index (χ0v) is 11.1. The first-order valence-corrected chi connectivity index (χ1v) is 6.34. The predicted molar refractivity (Wildman–Crippen MR) is 77.6 cm³/mol. The Morgan fingerprint density at radius 1 is 1.06 bits per heavy atom. The van der Waals surface area contributed by atoms with Gasteiger partial charge >= 0.3 is 0 Å². The summed E-state index contributed by atoms with van der Waals surface area (Å²) in [6.45, 7) is 0. The lowest BCUT2D eigenvalue weighted by Crippen LogP contribution is -2.48. The van der Waals surface area contributed by atoms with E-state index < -0.39 is 0 Å². The van der Waals surface area contributed by atoms with Crippen LogP contribution in [0.15, 0.2) is 24.3 Å². The Kier molecular flexibility index (Phi) is 4.27. The van der Waals surface area contributed by atoms with E-state index in [0.29, 0.717) is 22.0 Å². The van der Waals surface area contributed by atoms with Crippen LogP contribution in [0.5, 0.6) is 0 Å². The molecule has 1 aromatic carbocycles. The Bertz CT molecular complexity index is 445. The number of rotatable bonds is 2. The molecule has 0 bridgehead atoms. The van der Waals surface area contributed by atoms with Crippen LogP contribution >= 0.6 is 24.4 Å². The van der Waals surface area contributed by atoms with Crippen molar-refractivity contribution in [2.75, 3.05) is 5.32 Å². The van der Waals surface area contributed by atoms with Gasteiger partial charge in [0.15, 0.2) is 10.2 Å². The fourth-order valence-corrected chi connectivity index (χ4v) is 1.64. The van der Waals surface area contributed by atoms with Crippen molar-refractivity contribution in [3.63, 3.8) is 0 Å². The second-order valence-corrected chi connectivity index (χ2v) is 4.78. The highest BCUT2D eigenvalue weighted by atomic mass is 32.1. The maximum absolute atomic E-state index is 12.7. The summed E-state index contributed by atoms with van der Waals surface area (Å²) in [5, 5.41) is 6.88. The van der Waals surface area contributed by atoms with Crippen LogP contribution in [-0.2, 0) is 0 Å². The Morgan fingerprint density at radius 2 is 1.67 bits per heavy atom. The SMILES string of the molecule is Fc1ccc(NC(=S)NNC(=S)NC2CC2)cc1. The van der Waals surface area contributed by atoms with Gasteiger partial charge in [0.1, 0.15) is 5.82 Å². The number of hydrogen-bond donors (Lipinski definition) is 4. The van der Waals surface area contributed by atoms with E-state index >= 15 is 0 Å². The van der Waals surface area contributed by atoms with E-state index in [9.17, 15) is 4.39 Å². The van der Waals surface area contributed by atoms with Crippen LogP contribution in [0, 0.1) is 5.82 Å². The summed E-state index contributed by atoms with van der Waals surface area (Å²) in [4.78, 5) is 0. The lowest BCUT2D eigenvalue weighted by molar-refractivity contribution is 0.628. The zero-order valence-electron chi connectivity index (χ0n) is 9.50. The number of benzene rings is 1. The quantitative estimate of drug-likeness (QED) is 0.489. The Hall–Kier alpha value is -1.47. The molecule has 96 valence electrons. The van der Waals surface area contributed by atoms with Crippen LogP contribution in [0.1, 0.15) is 12.8 Å². The standard InChI is InChI=1S/C11H13FN4S2/c12-7-1-3-8(4-2-7)13-10(17)15-16-11(18)14-9-5-6-9/h1-4,9H,5-6H2,(H2,13,15,17)(H2,14,16,18). The second-order valence-electron chi connectivity index (χ2n) is 3.96. The molecule has 2 rings (SSSR count). The average Bonchev–Trinajstić information content (AvgIpc) is 3.13. The number of nitrogens with one attached hydrogen (secondary N) is 4. The Balaban J connectivity index is 1.70. The highest BCUT2D eigenvalue weighted by Gasteiger charge is 2.21. The lowest BCUT2D eigenvalue weighted by Gasteiger charge is -2.13. The van der Waals surface area contributed by atoms with Crippen LogP contribution in [0.4, 0.5) is 10.1 Å². The van der Waals surface area contributed by atoms with E-state index in [2.05, 4.69) is 21.5 Å². The molecule has 1 saturated carbocycles. The number of hydrazine groups is 1. The topological polar surface area (TPSA) is 48.1 Å². The van der Waals surface area contributed by atoms with Gasteiger partial charge in [0, 0.05) is 11.7 Å². The molecule has 18 heavy (non-hydrogen) atoms. The summed E-state index contributed by atoms with van der Waals surface area (Å²) >= 11 is 10.1. The van der Waals surface area contributed by atoms with Gasteiger partial charge in [-0.05, 0) is 61.5 Å². The molecular formula is C11H13FN4S2. The molecule has 0 aliphatic heterocycles. The number of anilines is 1. The first-order valence-electron chi connectivity index (χ1n) is 5.52. The maximum atomic E-state index is 12.7. The third-order valence-corrected chi connectivity index (χ3v) is 2.73. The molecule has 1 aliphatic rings. The molecule has 0 unspecified atom stereocenters. The van der Waals surface area contributed by atoms with E-state index in [1.54, 1.807) is 12.1 Å². The molecule has 7 heteroatoms. The van der Waals surface area contributed by atoms with Gasteiger partial charge in [0.25, 0.3) is 0 Å². The van der Waals surface area contributed by atoms with Crippen molar-refractivity contribution >= 4 is 40.3 Å². The first kappa shape index (κ1) is 13.0. The summed E-state index contributed by atoms with van der Waals surface area (Å²) in [5.74, 6) is -0.285. The van der Waals surface area contributed by atoms with Crippen LogP contribution in [-0.4, -0.2) is 16.3 Å². The third kappa shape index (κ3) is 4.42. The predicted octanol–water partition coefficient (Wildman–Crippen LogP) is 1.65. The van der Waals surface area contributed by atoms with Gasteiger partial charge in [-0.2, -0.15) is 0 Å². The summed E-state index contributed by atoms with van der Waals surface area (Å²) < 4.78 is 12.7. The van der Waals surface area contributed by atoms with Crippen LogP contribution < -0.4 is 21.5 Å². The van der Waals surface area contributed by atoms with Crippen LogP contribution in [0.3, 0.4) is 0 Å². The van der Waals surface area contributed by atoms with Crippen LogP contribution in [0.2, 0.25) is 0 Å². The van der Waals surface area contributed by atoms with Gasteiger partial charge in [0.05, 0.1) is 0 Å².